The average molecular weight is 220 g/mol. The van der Waals surface area contributed by atoms with Gasteiger partial charge in [-0.1, -0.05) is 0 Å². The fraction of sp³-hybridized carbons (Fsp3) is 0.333. The Labute approximate surface area is 92.1 Å². The summed E-state index contributed by atoms with van der Waals surface area (Å²) in [6.07, 6.45) is 6.89. The second kappa shape index (κ2) is 4.56. The van der Waals surface area contributed by atoms with E-state index in [4.69, 9.17) is 0 Å². The second-order valence-corrected chi connectivity index (χ2v) is 3.31. The molecule has 16 heavy (non-hydrogen) atoms. The highest BCUT2D eigenvalue weighted by Crippen LogP contribution is 1.92. The summed E-state index contributed by atoms with van der Waals surface area (Å²) in [5, 5.41) is 10.4. The lowest BCUT2D eigenvalue weighted by Gasteiger charge is -2.04. The summed E-state index contributed by atoms with van der Waals surface area (Å²) in [5.74, 6) is 0.839. The summed E-state index contributed by atoms with van der Waals surface area (Å²) in [4.78, 5) is 15.3. The number of aryl methyl sites for hydroxylation is 1. The molecule has 2 rings (SSSR count). The van der Waals surface area contributed by atoms with Gasteiger partial charge in [0.1, 0.15) is 18.5 Å². The van der Waals surface area contributed by atoms with Crippen molar-refractivity contribution in [2.24, 2.45) is 7.05 Å². The van der Waals surface area contributed by atoms with Gasteiger partial charge >= 0.3 is 6.03 Å². The lowest BCUT2D eigenvalue weighted by molar-refractivity contribution is 0.242. The average Bonchev–Trinajstić information content (AvgIpc) is 2.90. The molecular formula is C9H12N6O. The fourth-order valence-electron chi connectivity index (χ4n) is 1.29. The molecule has 0 unspecified atom stereocenters. The SMILES string of the molecule is Cn1cnnc1CCNC(=O)n1ccnc1. The normalized spacial score (nSPS) is 10.3. The summed E-state index contributed by atoms with van der Waals surface area (Å²) in [7, 11) is 1.87. The Morgan fingerprint density at radius 3 is 3.00 bits per heavy atom. The number of carbonyl (C=O) groups is 1. The molecule has 0 spiro atoms. The molecule has 0 aliphatic heterocycles. The Bertz CT molecular complexity index is 460. The molecule has 2 aromatic heterocycles. The van der Waals surface area contributed by atoms with E-state index in [-0.39, 0.29) is 6.03 Å². The van der Waals surface area contributed by atoms with Crippen LogP contribution in [0.5, 0.6) is 0 Å². The van der Waals surface area contributed by atoms with Crippen molar-refractivity contribution in [1.29, 1.82) is 0 Å². The quantitative estimate of drug-likeness (QED) is 0.777. The zero-order valence-electron chi connectivity index (χ0n) is 8.87. The van der Waals surface area contributed by atoms with Crippen molar-refractivity contribution in [3.8, 4) is 0 Å². The number of aromatic nitrogens is 5. The number of nitrogens with zero attached hydrogens (tertiary/aromatic N) is 5. The Morgan fingerprint density at radius 2 is 2.38 bits per heavy atom. The minimum atomic E-state index is -0.195. The van der Waals surface area contributed by atoms with Crippen LogP contribution in [0.2, 0.25) is 0 Å². The Kier molecular flexibility index (Phi) is 2.95. The largest absolute Gasteiger partial charge is 0.337 e. The number of nitrogens with one attached hydrogen (secondary N) is 1. The van der Waals surface area contributed by atoms with Crippen molar-refractivity contribution in [1.82, 2.24) is 29.6 Å². The Hall–Kier alpha value is -2.18. The summed E-state index contributed by atoms with van der Waals surface area (Å²) >= 11 is 0. The van der Waals surface area contributed by atoms with Gasteiger partial charge in [-0.2, -0.15) is 0 Å². The van der Waals surface area contributed by atoms with Gasteiger partial charge in [-0.25, -0.2) is 9.78 Å². The molecule has 0 aromatic carbocycles. The van der Waals surface area contributed by atoms with E-state index in [0.29, 0.717) is 13.0 Å². The van der Waals surface area contributed by atoms with Crippen LogP contribution in [0.3, 0.4) is 0 Å². The van der Waals surface area contributed by atoms with Crippen molar-refractivity contribution in [3.63, 3.8) is 0 Å². The molecule has 0 fully saturated rings. The Balaban J connectivity index is 1.81. The highest BCUT2D eigenvalue weighted by molar-refractivity contribution is 5.76. The third kappa shape index (κ3) is 2.25. The number of carbonyl (C=O) groups excluding carboxylic acids is 1. The maximum atomic E-state index is 11.5. The van der Waals surface area contributed by atoms with E-state index in [1.807, 2.05) is 11.6 Å². The van der Waals surface area contributed by atoms with E-state index < -0.39 is 0 Å². The van der Waals surface area contributed by atoms with Gasteiger partial charge in [-0.15, -0.1) is 10.2 Å². The van der Waals surface area contributed by atoms with E-state index in [2.05, 4.69) is 20.5 Å². The molecule has 2 heterocycles. The topological polar surface area (TPSA) is 77.6 Å². The molecule has 84 valence electrons. The van der Waals surface area contributed by atoms with Crippen molar-refractivity contribution in [2.75, 3.05) is 6.54 Å². The van der Waals surface area contributed by atoms with Gasteiger partial charge in [0.25, 0.3) is 0 Å². The summed E-state index contributed by atoms with van der Waals surface area (Å²) in [6, 6.07) is -0.195. The van der Waals surface area contributed by atoms with E-state index >= 15 is 0 Å². The lowest BCUT2D eigenvalue weighted by atomic mass is 10.4. The molecule has 1 N–H and O–H groups in total. The van der Waals surface area contributed by atoms with Gasteiger partial charge in [0.2, 0.25) is 0 Å². The lowest BCUT2D eigenvalue weighted by Crippen LogP contribution is -2.29. The molecule has 0 radical (unpaired) electrons. The first kappa shape index (κ1) is 10.3. The van der Waals surface area contributed by atoms with Crippen LogP contribution in [0.1, 0.15) is 5.82 Å². The zero-order valence-corrected chi connectivity index (χ0v) is 8.87. The van der Waals surface area contributed by atoms with Crippen LogP contribution in [0.4, 0.5) is 4.79 Å². The van der Waals surface area contributed by atoms with Gasteiger partial charge in [0.15, 0.2) is 0 Å². The van der Waals surface area contributed by atoms with Gasteiger partial charge in [0, 0.05) is 32.4 Å². The molecular weight excluding hydrogens is 208 g/mol. The maximum Gasteiger partial charge on any atom is 0.326 e. The molecule has 0 saturated carbocycles. The van der Waals surface area contributed by atoms with Crippen LogP contribution in [-0.2, 0) is 13.5 Å². The smallest absolute Gasteiger partial charge is 0.326 e. The maximum absolute atomic E-state index is 11.5. The van der Waals surface area contributed by atoms with Crippen LogP contribution in [0.25, 0.3) is 0 Å². The number of rotatable bonds is 3. The van der Waals surface area contributed by atoms with Crippen LogP contribution in [0.15, 0.2) is 25.0 Å². The van der Waals surface area contributed by atoms with Gasteiger partial charge in [-0.3, -0.25) is 4.57 Å². The minimum absolute atomic E-state index is 0.195. The molecule has 0 bridgehead atoms. The van der Waals surface area contributed by atoms with Crippen molar-refractivity contribution < 1.29 is 4.79 Å². The first-order valence-corrected chi connectivity index (χ1v) is 4.86. The van der Waals surface area contributed by atoms with E-state index in [0.717, 1.165) is 5.82 Å². The fourth-order valence-corrected chi connectivity index (χ4v) is 1.29. The third-order valence-corrected chi connectivity index (χ3v) is 2.17. The molecule has 0 aliphatic rings. The van der Waals surface area contributed by atoms with Gasteiger partial charge in [-0.05, 0) is 0 Å². The predicted molar refractivity (Wildman–Crippen MR) is 55.7 cm³/mol. The zero-order chi connectivity index (χ0) is 11.4. The summed E-state index contributed by atoms with van der Waals surface area (Å²) < 4.78 is 3.21. The van der Waals surface area contributed by atoms with Gasteiger partial charge in [0.05, 0.1) is 0 Å². The molecule has 0 saturated heterocycles. The highest BCUT2D eigenvalue weighted by Gasteiger charge is 2.04. The van der Waals surface area contributed by atoms with E-state index in [1.165, 1.54) is 10.9 Å². The Morgan fingerprint density at radius 1 is 1.50 bits per heavy atom. The van der Waals surface area contributed by atoms with Crippen LogP contribution >= 0.6 is 0 Å². The van der Waals surface area contributed by atoms with Crippen molar-refractivity contribution in [2.45, 2.75) is 6.42 Å². The first-order chi connectivity index (χ1) is 7.77. The molecule has 0 aliphatic carbocycles. The highest BCUT2D eigenvalue weighted by atomic mass is 16.2. The number of hydrogen-bond acceptors (Lipinski definition) is 4. The molecule has 0 atom stereocenters. The number of amides is 1. The molecule has 2 aromatic rings. The van der Waals surface area contributed by atoms with E-state index in [9.17, 15) is 4.79 Å². The monoisotopic (exact) mass is 220 g/mol. The molecule has 7 heteroatoms. The first-order valence-electron chi connectivity index (χ1n) is 4.86. The van der Waals surface area contributed by atoms with Crippen LogP contribution < -0.4 is 5.32 Å². The van der Waals surface area contributed by atoms with E-state index in [1.54, 1.807) is 18.7 Å². The van der Waals surface area contributed by atoms with Crippen molar-refractivity contribution >= 4 is 6.03 Å². The number of imidazole rings is 1. The third-order valence-electron chi connectivity index (χ3n) is 2.17. The second-order valence-electron chi connectivity index (χ2n) is 3.31. The number of hydrogen-bond donors (Lipinski definition) is 1. The summed E-state index contributed by atoms with van der Waals surface area (Å²) in [5.41, 5.74) is 0. The van der Waals surface area contributed by atoms with Crippen molar-refractivity contribution in [3.05, 3.63) is 30.9 Å². The summed E-state index contributed by atoms with van der Waals surface area (Å²) in [6.45, 7) is 0.517. The van der Waals surface area contributed by atoms with Crippen LogP contribution in [-0.4, -0.2) is 36.9 Å². The minimum Gasteiger partial charge on any atom is -0.337 e. The molecule has 7 nitrogen and oxygen atoms in total. The standard InChI is InChI=1S/C9H12N6O/c1-14-7-12-13-8(14)2-3-11-9(16)15-5-4-10-6-15/h4-7H,2-3H2,1H3,(H,11,16). The van der Waals surface area contributed by atoms with Crippen LogP contribution in [0, 0.1) is 0 Å². The van der Waals surface area contributed by atoms with Gasteiger partial charge < -0.3 is 9.88 Å². The molecule has 1 amide bonds. The predicted octanol–water partition coefficient (Wildman–Crippen LogP) is -0.188.